The lowest BCUT2D eigenvalue weighted by Crippen LogP contribution is -2.54. The highest BCUT2D eigenvalue weighted by Gasteiger charge is 2.27. The number of nitrogens with one attached hydrogen (secondary N) is 1. The first kappa shape index (κ1) is 16.2. The molecule has 1 N–H and O–H groups in total. The van der Waals surface area contributed by atoms with Crippen molar-refractivity contribution in [2.45, 2.75) is 39.3 Å². The summed E-state index contributed by atoms with van der Waals surface area (Å²) in [6.07, 6.45) is 4.88. The first-order valence-corrected chi connectivity index (χ1v) is 6.72. The number of carbonyl (C=O) groups excluding carboxylic acids is 2. The third-order valence-electron chi connectivity index (χ3n) is 2.81. The van der Waals surface area contributed by atoms with Crippen molar-refractivity contribution in [2.24, 2.45) is 0 Å². The largest absolute Gasteiger partial charge is 0.444 e. The Labute approximate surface area is 120 Å². The predicted molar refractivity (Wildman–Crippen MR) is 76.2 cm³/mol. The van der Waals surface area contributed by atoms with Crippen molar-refractivity contribution >= 4 is 12.1 Å². The zero-order valence-electron chi connectivity index (χ0n) is 12.6. The number of hydrogen-bond acceptors (Lipinski definition) is 3. The minimum Gasteiger partial charge on any atom is -0.444 e. The topological polar surface area (TPSA) is 61.9 Å². The summed E-state index contributed by atoms with van der Waals surface area (Å²) in [6, 6.07) is -0.495. The van der Waals surface area contributed by atoms with Gasteiger partial charge in [0, 0.05) is 26.2 Å². The molecule has 1 atom stereocenters. The zero-order valence-corrected chi connectivity index (χ0v) is 12.6. The lowest BCUT2D eigenvalue weighted by atomic mass is 10.2. The fourth-order valence-corrected chi connectivity index (χ4v) is 1.74. The van der Waals surface area contributed by atoms with E-state index in [2.05, 4.69) is 11.2 Å². The van der Waals surface area contributed by atoms with Crippen molar-refractivity contribution < 1.29 is 14.3 Å². The Bertz CT molecular complexity index is 401. The van der Waals surface area contributed by atoms with Crippen LogP contribution < -0.4 is 5.32 Å². The SMILES string of the molecule is C#C[C@H](C)NC(=O)N1CCN(C(=O)OC(C)(C)C)CC1. The van der Waals surface area contributed by atoms with Crippen LogP contribution in [0.4, 0.5) is 9.59 Å². The molecule has 1 rings (SSSR count). The third-order valence-corrected chi connectivity index (χ3v) is 2.81. The Kier molecular flexibility index (Phi) is 5.26. The summed E-state index contributed by atoms with van der Waals surface area (Å²) in [5.74, 6) is 2.44. The predicted octanol–water partition coefficient (Wildman–Crippen LogP) is 1.27. The van der Waals surface area contributed by atoms with E-state index in [1.54, 1.807) is 16.7 Å². The highest BCUT2D eigenvalue weighted by Crippen LogP contribution is 2.11. The molecule has 0 radical (unpaired) electrons. The molecule has 0 aliphatic carbocycles. The summed E-state index contributed by atoms with van der Waals surface area (Å²) in [5.41, 5.74) is -0.506. The van der Waals surface area contributed by atoms with E-state index < -0.39 is 5.60 Å². The normalized spacial score (nSPS) is 17.1. The summed E-state index contributed by atoms with van der Waals surface area (Å²) < 4.78 is 5.30. The molecule has 20 heavy (non-hydrogen) atoms. The lowest BCUT2D eigenvalue weighted by molar-refractivity contribution is 0.0169. The maximum atomic E-state index is 11.9. The van der Waals surface area contributed by atoms with Gasteiger partial charge in [0.1, 0.15) is 5.60 Å². The van der Waals surface area contributed by atoms with E-state index in [4.69, 9.17) is 11.2 Å². The Morgan fingerprint density at radius 2 is 1.70 bits per heavy atom. The van der Waals surface area contributed by atoms with Crippen molar-refractivity contribution in [2.75, 3.05) is 26.2 Å². The smallest absolute Gasteiger partial charge is 0.410 e. The number of carbonyl (C=O) groups is 2. The molecule has 0 spiro atoms. The summed E-state index contributed by atoms with van der Waals surface area (Å²) >= 11 is 0. The van der Waals surface area contributed by atoms with Gasteiger partial charge in [-0.05, 0) is 27.7 Å². The molecule has 0 unspecified atom stereocenters. The second-order valence-corrected chi connectivity index (χ2v) is 5.79. The molecule has 0 bridgehead atoms. The van der Waals surface area contributed by atoms with Crippen molar-refractivity contribution in [3.63, 3.8) is 0 Å². The number of amides is 3. The van der Waals surface area contributed by atoms with Gasteiger partial charge in [-0.1, -0.05) is 5.92 Å². The van der Waals surface area contributed by atoms with Gasteiger partial charge >= 0.3 is 12.1 Å². The molecule has 3 amide bonds. The highest BCUT2D eigenvalue weighted by molar-refractivity contribution is 5.75. The minimum atomic E-state index is -0.506. The van der Waals surface area contributed by atoms with E-state index >= 15 is 0 Å². The monoisotopic (exact) mass is 281 g/mol. The summed E-state index contributed by atoms with van der Waals surface area (Å²) in [5, 5.41) is 2.70. The second kappa shape index (κ2) is 6.51. The number of ether oxygens (including phenoxy) is 1. The molecule has 6 nitrogen and oxygen atoms in total. The van der Waals surface area contributed by atoms with Gasteiger partial charge in [-0.15, -0.1) is 6.42 Å². The molecule has 6 heteroatoms. The van der Waals surface area contributed by atoms with Crippen molar-refractivity contribution in [1.29, 1.82) is 0 Å². The number of rotatable bonds is 1. The molecule has 1 heterocycles. The van der Waals surface area contributed by atoms with Crippen LogP contribution in [0.2, 0.25) is 0 Å². The van der Waals surface area contributed by atoms with Crippen molar-refractivity contribution in [1.82, 2.24) is 15.1 Å². The first-order valence-electron chi connectivity index (χ1n) is 6.72. The molecule has 0 aromatic rings. The summed E-state index contributed by atoms with van der Waals surface area (Å²) in [7, 11) is 0. The number of urea groups is 1. The molecular formula is C14H23N3O3. The van der Waals surface area contributed by atoms with Gasteiger partial charge in [0.25, 0.3) is 0 Å². The fourth-order valence-electron chi connectivity index (χ4n) is 1.74. The maximum Gasteiger partial charge on any atom is 0.410 e. The van der Waals surface area contributed by atoms with Crippen LogP contribution in [0, 0.1) is 12.3 Å². The van der Waals surface area contributed by atoms with Crippen LogP contribution in [-0.2, 0) is 4.74 Å². The fraction of sp³-hybridized carbons (Fsp3) is 0.714. The van der Waals surface area contributed by atoms with Gasteiger partial charge in [-0.3, -0.25) is 0 Å². The standard InChI is InChI=1S/C14H23N3O3/c1-6-11(2)15-12(18)16-7-9-17(10-8-16)13(19)20-14(3,4)5/h1,11H,7-10H2,2-5H3,(H,15,18)/t11-/m0/s1. The summed E-state index contributed by atoms with van der Waals surface area (Å²) in [6.45, 7) is 9.11. The van der Waals surface area contributed by atoms with Crippen LogP contribution in [0.5, 0.6) is 0 Å². The van der Waals surface area contributed by atoms with Crippen LogP contribution in [0.25, 0.3) is 0 Å². The molecule has 0 saturated carbocycles. The number of hydrogen-bond donors (Lipinski definition) is 1. The zero-order chi connectivity index (χ0) is 15.3. The van der Waals surface area contributed by atoms with Gasteiger partial charge in [-0.25, -0.2) is 9.59 Å². The Morgan fingerprint density at radius 1 is 1.20 bits per heavy atom. The first-order chi connectivity index (χ1) is 9.23. The van der Waals surface area contributed by atoms with Gasteiger partial charge in [0.05, 0.1) is 6.04 Å². The van der Waals surface area contributed by atoms with Crippen LogP contribution in [0.3, 0.4) is 0 Å². The van der Waals surface area contributed by atoms with E-state index in [1.807, 2.05) is 20.8 Å². The number of piperazine rings is 1. The number of terminal acetylenes is 1. The average Bonchev–Trinajstić information content (AvgIpc) is 2.36. The van der Waals surface area contributed by atoms with Gasteiger partial charge in [0.2, 0.25) is 0 Å². The Morgan fingerprint density at radius 3 is 2.15 bits per heavy atom. The third kappa shape index (κ3) is 5.00. The van der Waals surface area contributed by atoms with Gasteiger partial charge in [-0.2, -0.15) is 0 Å². The van der Waals surface area contributed by atoms with Gasteiger partial charge in [0.15, 0.2) is 0 Å². The molecule has 1 fully saturated rings. The molecule has 1 aliphatic heterocycles. The minimum absolute atomic E-state index is 0.195. The Balaban J connectivity index is 2.42. The average molecular weight is 281 g/mol. The van der Waals surface area contributed by atoms with E-state index in [0.717, 1.165) is 0 Å². The molecule has 0 aromatic carbocycles. The van der Waals surface area contributed by atoms with Crippen LogP contribution in [0.15, 0.2) is 0 Å². The molecular weight excluding hydrogens is 258 g/mol. The van der Waals surface area contributed by atoms with Crippen LogP contribution in [0.1, 0.15) is 27.7 Å². The Hall–Kier alpha value is -1.90. The van der Waals surface area contributed by atoms with Crippen LogP contribution >= 0.6 is 0 Å². The lowest BCUT2D eigenvalue weighted by Gasteiger charge is -2.35. The van der Waals surface area contributed by atoms with E-state index in [0.29, 0.717) is 26.2 Å². The van der Waals surface area contributed by atoms with E-state index in [1.165, 1.54) is 0 Å². The molecule has 112 valence electrons. The van der Waals surface area contributed by atoms with Gasteiger partial charge < -0.3 is 19.9 Å². The molecule has 1 saturated heterocycles. The molecule has 1 aliphatic rings. The molecule has 0 aromatic heterocycles. The van der Waals surface area contributed by atoms with Crippen LogP contribution in [-0.4, -0.2) is 59.7 Å². The maximum absolute atomic E-state index is 11.9. The van der Waals surface area contributed by atoms with Crippen molar-refractivity contribution in [3.05, 3.63) is 0 Å². The van der Waals surface area contributed by atoms with E-state index in [9.17, 15) is 9.59 Å². The van der Waals surface area contributed by atoms with E-state index in [-0.39, 0.29) is 18.2 Å². The highest BCUT2D eigenvalue weighted by atomic mass is 16.6. The van der Waals surface area contributed by atoms with Crippen molar-refractivity contribution in [3.8, 4) is 12.3 Å². The number of nitrogens with zero attached hydrogens (tertiary/aromatic N) is 2. The summed E-state index contributed by atoms with van der Waals surface area (Å²) in [4.78, 5) is 27.0. The second-order valence-electron chi connectivity index (χ2n) is 5.79. The quantitative estimate of drug-likeness (QED) is 0.736.